The Kier molecular flexibility index (Phi) is 4.90. The van der Waals surface area contributed by atoms with Gasteiger partial charge in [0.05, 0.1) is 0 Å². The van der Waals surface area contributed by atoms with Crippen LogP contribution in [-0.2, 0) is 16.6 Å². The van der Waals surface area contributed by atoms with Gasteiger partial charge in [-0.05, 0) is 19.4 Å². The van der Waals surface area contributed by atoms with Gasteiger partial charge in [-0.1, -0.05) is 13.0 Å². The second-order valence-corrected chi connectivity index (χ2v) is 5.92. The van der Waals surface area contributed by atoms with Gasteiger partial charge in [-0.15, -0.1) is 6.58 Å². The maximum atomic E-state index is 12.0. The van der Waals surface area contributed by atoms with Gasteiger partial charge in [0.25, 0.3) is 0 Å². The first-order valence-corrected chi connectivity index (χ1v) is 7.38. The number of sulfonamides is 1. The first-order chi connectivity index (χ1) is 8.81. The van der Waals surface area contributed by atoms with Crippen LogP contribution in [0.2, 0.25) is 0 Å². The van der Waals surface area contributed by atoms with Gasteiger partial charge in [-0.3, -0.25) is 0 Å². The molecule has 2 N–H and O–H groups in total. The topological polar surface area (TPSA) is 88.4 Å². The molecule has 0 fully saturated rings. The van der Waals surface area contributed by atoms with E-state index in [1.54, 1.807) is 6.92 Å². The summed E-state index contributed by atoms with van der Waals surface area (Å²) in [6.07, 6.45) is 3.51. The lowest BCUT2D eigenvalue weighted by molar-refractivity contribution is 0.0685. The number of hydrogen-bond acceptors (Lipinski definition) is 3. The molecule has 0 aliphatic heterocycles. The highest BCUT2D eigenvalue weighted by Crippen LogP contribution is 2.15. The van der Waals surface area contributed by atoms with E-state index in [4.69, 9.17) is 5.11 Å². The van der Waals surface area contributed by atoms with Crippen molar-refractivity contribution >= 4 is 16.0 Å². The molecule has 1 aromatic rings. The third-order valence-electron chi connectivity index (χ3n) is 2.56. The first-order valence-electron chi connectivity index (χ1n) is 5.90. The van der Waals surface area contributed by atoms with Crippen LogP contribution < -0.4 is 4.72 Å². The normalized spacial score (nSPS) is 13.2. The summed E-state index contributed by atoms with van der Waals surface area (Å²) in [6, 6.07) is 0.740. The highest BCUT2D eigenvalue weighted by Gasteiger charge is 2.21. The monoisotopic (exact) mass is 286 g/mol. The summed E-state index contributed by atoms with van der Waals surface area (Å²) < 4.78 is 27.9. The number of nitrogens with zero attached hydrogens (tertiary/aromatic N) is 1. The van der Waals surface area contributed by atoms with E-state index < -0.39 is 22.0 Å². The number of aromatic nitrogens is 1. The minimum absolute atomic E-state index is 0.0338. The Labute approximate surface area is 112 Å². The molecule has 0 radical (unpaired) electrons. The standard InChI is InChI=1S/C12H18N2O4S/c1-4-6-14-8-10(7-11(14)12(15)16)19(17,18)13-9(3)5-2/h5,7-9,13H,2,4,6H2,1,3H3,(H,15,16). The van der Waals surface area contributed by atoms with Crippen molar-refractivity contribution in [2.75, 3.05) is 0 Å². The molecule has 0 saturated heterocycles. The zero-order valence-electron chi connectivity index (χ0n) is 11.0. The molecule has 1 heterocycles. The summed E-state index contributed by atoms with van der Waals surface area (Å²) in [7, 11) is -3.73. The third kappa shape index (κ3) is 3.68. The number of carboxylic acids is 1. The SMILES string of the molecule is C=CC(C)NS(=O)(=O)c1cc(C(=O)O)n(CCC)c1. The van der Waals surface area contributed by atoms with Crippen molar-refractivity contribution in [1.29, 1.82) is 0 Å². The van der Waals surface area contributed by atoms with Crippen LogP contribution in [0.1, 0.15) is 30.8 Å². The fourth-order valence-corrected chi connectivity index (χ4v) is 2.85. The molecule has 0 bridgehead atoms. The van der Waals surface area contributed by atoms with Crippen LogP contribution in [0.3, 0.4) is 0 Å². The summed E-state index contributed by atoms with van der Waals surface area (Å²) in [4.78, 5) is 11.0. The quantitative estimate of drug-likeness (QED) is 0.742. The molecule has 1 aromatic heterocycles. The second-order valence-electron chi connectivity index (χ2n) is 4.21. The van der Waals surface area contributed by atoms with Gasteiger partial charge in [-0.25, -0.2) is 17.9 Å². The van der Waals surface area contributed by atoms with Crippen LogP contribution in [0.5, 0.6) is 0 Å². The molecule has 106 valence electrons. The minimum atomic E-state index is -3.73. The van der Waals surface area contributed by atoms with Crippen molar-refractivity contribution in [3.8, 4) is 0 Å². The summed E-state index contributed by atoms with van der Waals surface area (Å²) >= 11 is 0. The number of carboxylic acid groups (broad SMARTS) is 1. The Balaban J connectivity index is 3.17. The molecule has 0 aliphatic rings. The van der Waals surface area contributed by atoms with E-state index in [1.807, 2.05) is 6.92 Å². The Bertz CT molecular complexity index is 575. The summed E-state index contributed by atoms with van der Waals surface area (Å²) in [5, 5.41) is 9.05. The number of rotatable bonds is 7. The van der Waals surface area contributed by atoms with Crippen LogP contribution in [0, 0.1) is 0 Å². The molecule has 7 heteroatoms. The van der Waals surface area contributed by atoms with Crippen molar-refractivity contribution in [3.63, 3.8) is 0 Å². The Morgan fingerprint density at radius 3 is 2.74 bits per heavy atom. The molecule has 0 aromatic carbocycles. The molecule has 19 heavy (non-hydrogen) atoms. The van der Waals surface area contributed by atoms with Crippen LogP contribution >= 0.6 is 0 Å². The Morgan fingerprint density at radius 2 is 2.26 bits per heavy atom. The molecule has 1 rings (SSSR count). The molecular weight excluding hydrogens is 268 g/mol. The number of aromatic carboxylic acids is 1. The van der Waals surface area contributed by atoms with Gasteiger partial charge in [0.15, 0.2) is 0 Å². The summed E-state index contributed by atoms with van der Waals surface area (Å²) in [6.45, 7) is 7.48. The summed E-state index contributed by atoms with van der Waals surface area (Å²) in [5.41, 5.74) is -0.0338. The van der Waals surface area contributed by atoms with Gasteiger partial charge in [0, 0.05) is 18.8 Å². The van der Waals surface area contributed by atoms with E-state index in [-0.39, 0.29) is 10.6 Å². The Morgan fingerprint density at radius 1 is 1.63 bits per heavy atom. The molecule has 0 amide bonds. The van der Waals surface area contributed by atoms with Gasteiger partial charge in [0.2, 0.25) is 10.0 Å². The van der Waals surface area contributed by atoms with E-state index in [9.17, 15) is 13.2 Å². The van der Waals surface area contributed by atoms with Gasteiger partial charge >= 0.3 is 5.97 Å². The predicted octanol–water partition coefficient (Wildman–Crippen LogP) is 1.45. The van der Waals surface area contributed by atoms with E-state index in [2.05, 4.69) is 11.3 Å². The molecule has 1 atom stereocenters. The molecule has 1 unspecified atom stereocenters. The lowest BCUT2D eigenvalue weighted by Crippen LogP contribution is -2.30. The number of nitrogens with one attached hydrogen (secondary N) is 1. The second kappa shape index (κ2) is 6.03. The van der Waals surface area contributed by atoms with E-state index in [0.717, 1.165) is 6.07 Å². The van der Waals surface area contributed by atoms with Gasteiger partial charge in [-0.2, -0.15) is 0 Å². The molecule has 0 aliphatic carbocycles. The number of aryl methyl sites for hydroxylation is 1. The third-order valence-corrected chi connectivity index (χ3v) is 4.09. The fraction of sp³-hybridized carbons (Fsp3) is 0.417. The van der Waals surface area contributed by atoms with Crippen molar-refractivity contribution in [3.05, 3.63) is 30.6 Å². The molecule has 0 saturated carbocycles. The van der Waals surface area contributed by atoms with E-state index in [0.29, 0.717) is 13.0 Å². The smallest absolute Gasteiger partial charge is 0.352 e. The van der Waals surface area contributed by atoms with E-state index >= 15 is 0 Å². The van der Waals surface area contributed by atoms with Crippen LogP contribution in [0.25, 0.3) is 0 Å². The fourth-order valence-electron chi connectivity index (χ4n) is 1.60. The number of hydrogen-bond donors (Lipinski definition) is 2. The Hall–Kier alpha value is -1.60. The van der Waals surface area contributed by atoms with E-state index in [1.165, 1.54) is 16.8 Å². The zero-order chi connectivity index (χ0) is 14.6. The molecule has 0 spiro atoms. The maximum absolute atomic E-state index is 12.0. The maximum Gasteiger partial charge on any atom is 0.352 e. The van der Waals surface area contributed by atoms with Crippen molar-refractivity contribution in [2.24, 2.45) is 0 Å². The predicted molar refractivity (Wildman–Crippen MR) is 71.7 cm³/mol. The van der Waals surface area contributed by atoms with Crippen LogP contribution in [-0.4, -0.2) is 30.1 Å². The average molecular weight is 286 g/mol. The van der Waals surface area contributed by atoms with Crippen molar-refractivity contribution in [1.82, 2.24) is 9.29 Å². The minimum Gasteiger partial charge on any atom is -0.477 e. The van der Waals surface area contributed by atoms with Crippen molar-refractivity contribution in [2.45, 2.75) is 37.8 Å². The first kappa shape index (κ1) is 15.5. The highest BCUT2D eigenvalue weighted by molar-refractivity contribution is 7.89. The lowest BCUT2D eigenvalue weighted by Gasteiger charge is -2.08. The van der Waals surface area contributed by atoms with Crippen molar-refractivity contribution < 1.29 is 18.3 Å². The van der Waals surface area contributed by atoms with Gasteiger partial charge < -0.3 is 9.67 Å². The van der Waals surface area contributed by atoms with Gasteiger partial charge in [0.1, 0.15) is 10.6 Å². The molecule has 6 nitrogen and oxygen atoms in total. The zero-order valence-corrected chi connectivity index (χ0v) is 11.8. The molecular formula is C12H18N2O4S. The lowest BCUT2D eigenvalue weighted by atomic mass is 10.4. The van der Waals surface area contributed by atoms with Crippen LogP contribution in [0.15, 0.2) is 29.8 Å². The highest BCUT2D eigenvalue weighted by atomic mass is 32.2. The average Bonchev–Trinajstić information content (AvgIpc) is 2.74. The van der Waals surface area contributed by atoms with Crippen LogP contribution in [0.4, 0.5) is 0 Å². The largest absolute Gasteiger partial charge is 0.477 e. The summed E-state index contributed by atoms with van der Waals surface area (Å²) in [5.74, 6) is -1.15. The number of carbonyl (C=O) groups is 1.